The fraction of sp³-hybridized carbons (Fsp3) is 0.227. The first-order valence-corrected chi connectivity index (χ1v) is 9.03. The maximum Gasteiger partial charge on any atom is 0.310 e. The van der Waals surface area contributed by atoms with E-state index in [-0.39, 0.29) is 17.7 Å². The van der Waals surface area contributed by atoms with Crippen LogP contribution in [0.15, 0.2) is 48.5 Å². The number of ketones is 1. The molecule has 0 atom stereocenters. The molecular weight excluding hydrogens is 375 g/mol. The van der Waals surface area contributed by atoms with Crippen molar-refractivity contribution in [3.8, 4) is 11.4 Å². The third-order valence-corrected chi connectivity index (χ3v) is 4.59. The lowest BCUT2D eigenvalue weighted by atomic mass is 10.1. The van der Waals surface area contributed by atoms with E-state index >= 15 is 0 Å². The summed E-state index contributed by atoms with van der Waals surface area (Å²) in [5.74, 6) is -1.45. The smallest absolute Gasteiger partial charge is 0.310 e. The molecule has 3 rings (SSSR count). The number of esters is 1. The topological polar surface area (TPSA) is 70.4 Å². The van der Waals surface area contributed by atoms with Gasteiger partial charge in [0.05, 0.1) is 30.5 Å². The van der Waals surface area contributed by atoms with Crippen LogP contribution in [-0.2, 0) is 16.0 Å². The van der Waals surface area contributed by atoms with Crippen molar-refractivity contribution in [2.75, 3.05) is 13.7 Å². The first kappa shape index (κ1) is 20.3. The minimum absolute atomic E-state index is 0.0158. The van der Waals surface area contributed by atoms with E-state index in [1.54, 1.807) is 4.68 Å². The van der Waals surface area contributed by atoms with Crippen molar-refractivity contribution in [2.24, 2.45) is 0 Å². The van der Waals surface area contributed by atoms with Crippen molar-refractivity contribution in [3.63, 3.8) is 0 Å². The Morgan fingerprint density at radius 2 is 1.83 bits per heavy atom. The highest BCUT2D eigenvalue weighted by Crippen LogP contribution is 2.21. The summed E-state index contributed by atoms with van der Waals surface area (Å²) in [5, 5.41) is 4.49. The number of aryl methyl sites for hydroxylation is 1. The third kappa shape index (κ3) is 4.51. The number of carbonyl (C=O) groups is 2. The Balaban J connectivity index is 1.68. The zero-order valence-corrected chi connectivity index (χ0v) is 16.4. The summed E-state index contributed by atoms with van der Waals surface area (Å²) in [6.45, 7) is 3.19. The van der Waals surface area contributed by atoms with Crippen LogP contribution in [0.3, 0.4) is 0 Å². The predicted octanol–water partition coefficient (Wildman–Crippen LogP) is 3.61. The summed E-state index contributed by atoms with van der Waals surface area (Å²) < 4.78 is 25.4. The SMILES string of the molecule is COc1ccc(F)cc1C(=O)COC(=O)Cc1c(C)nn(-c2ccccc2)c1C. The Labute approximate surface area is 167 Å². The number of ether oxygens (including phenoxy) is 2. The maximum absolute atomic E-state index is 13.4. The minimum atomic E-state index is -0.569. The predicted molar refractivity (Wildman–Crippen MR) is 105 cm³/mol. The lowest BCUT2D eigenvalue weighted by molar-refractivity contribution is -0.141. The number of nitrogens with zero attached hydrogens (tertiary/aromatic N) is 2. The quantitative estimate of drug-likeness (QED) is 0.451. The summed E-state index contributed by atoms with van der Waals surface area (Å²) in [6.07, 6.45) is -0.0158. The van der Waals surface area contributed by atoms with E-state index in [1.807, 2.05) is 44.2 Å². The highest BCUT2D eigenvalue weighted by molar-refractivity contribution is 6.00. The normalized spacial score (nSPS) is 10.6. The summed E-state index contributed by atoms with van der Waals surface area (Å²) in [7, 11) is 1.38. The van der Waals surface area contributed by atoms with E-state index in [0.29, 0.717) is 5.69 Å². The average Bonchev–Trinajstić information content (AvgIpc) is 3.00. The van der Waals surface area contributed by atoms with Crippen LogP contribution in [0.4, 0.5) is 4.39 Å². The average molecular weight is 396 g/mol. The number of aromatic nitrogens is 2. The molecular formula is C22H21FN2O4. The zero-order chi connectivity index (χ0) is 21.0. The summed E-state index contributed by atoms with van der Waals surface area (Å²) >= 11 is 0. The Hall–Kier alpha value is -3.48. The molecule has 0 spiro atoms. The first-order chi connectivity index (χ1) is 13.9. The van der Waals surface area contributed by atoms with E-state index in [4.69, 9.17) is 9.47 Å². The number of carbonyl (C=O) groups excluding carboxylic acids is 2. The molecule has 1 heterocycles. The second kappa shape index (κ2) is 8.68. The standard InChI is InChI=1S/C22H21FN2O4/c1-14-18(15(2)25(24-14)17-7-5-4-6-8-17)12-22(27)29-13-20(26)19-11-16(23)9-10-21(19)28-3/h4-11H,12-13H2,1-3H3. The van der Waals surface area contributed by atoms with Gasteiger partial charge in [0.15, 0.2) is 6.61 Å². The minimum Gasteiger partial charge on any atom is -0.496 e. The monoisotopic (exact) mass is 396 g/mol. The van der Waals surface area contributed by atoms with Gasteiger partial charge in [-0.3, -0.25) is 9.59 Å². The van der Waals surface area contributed by atoms with Crippen molar-refractivity contribution in [3.05, 3.63) is 76.9 Å². The molecule has 0 aliphatic heterocycles. The van der Waals surface area contributed by atoms with Crippen molar-refractivity contribution in [1.29, 1.82) is 0 Å². The number of benzene rings is 2. The number of para-hydroxylation sites is 1. The highest BCUT2D eigenvalue weighted by Gasteiger charge is 2.19. The van der Waals surface area contributed by atoms with Crippen LogP contribution in [0, 0.1) is 19.7 Å². The molecule has 0 aliphatic rings. The summed E-state index contributed by atoms with van der Waals surface area (Å²) in [6, 6.07) is 13.2. The molecule has 0 N–H and O–H groups in total. The maximum atomic E-state index is 13.4. The fourth-order valence-corrected chi connectivity index (χ4v) is 3.07. The van der Waals surface area contributed by atoms with Gasteiger partial charge in [-0.15, -0.1) is 0 Å². The second-order valence-electron chi connectivity index (χ2n) is 6.50. The molecule has 0 fully saturated rings. The van der Waals surface area contributed by atoms with Crippen LogP contribution < -0.4 is 4.74 Å². The third-order valence-electron chi connectivity index (χ3n) is 4.59. The summed E-state index contributed by atoms with van der Waals surface area (Å²) in [4.78, 5) is 24.6. The lowest BCUT2D eigenvalue weighted by Gasteiger charge is -2.09. The van der Waals surface area contributed by atoms with E-state index in [0.717, 1.165) is 23.0 Å². The summed E-state index contributed by atoms with van der Waals surface area (Å²) in [5.41, 5.74) is 3.20. The number of rotatable bonds is 7. The molecule has 7 heteroatoms. The Kier molecular flexibility index (Phi) is 6.07. The van der Waals surface area contributed by atoms with Gasteiger partial charge in [-0.05, 0) is 44.2 Å². The number of methoxy groups -OCH3 is 1. The number of hydrogen-bond acceptors (Lipinski definition) is 5. The van der Waals surface area contributed by atoms with Crippen molar-refractivity contribution in [2.45, 2.75) is 20.3 Å². The molecule has 3 aromatic rings. The van der Waals surface area contributed by atoms with Gasteiger partial charge in [0.25, 0.3) is 0 Å². The van der Waals surface area contributed by atoms with E-state index in [2.05, 4.69) is 5.10 Å². The number of hydrogen-bond donors (Lipinski definition) is 0. The van der Waals surface area contributed by atoms with Crippen LogP contribution >= 0.6 is 0 Å². The van der Waals surface area contributed by atoms with Crippen LogP contribution in [0.1, 0.15) is 27.3 Å². The molecule has 2 aromatic carbocycles. The molecule has 0 amide bonds. The first-order valence-electron chi connectivity index (χ1n) is 9.03. The van der Waals surface area contributed by atoms with E-state index < -0.39 is 24.2 Å². The lowest BCUT2D eigenvalue weighted by Crippen LogP contribution is -2.17. The molecule has 29 heavy (non-hydrogen) atoms. The molecule has 1 aromatic heterocycles. The molecule has 0 bridgehead atoms. The molecule has 0 saturated carbocycles. The Morgan fingerprint density at radius 3 is 2.52 bits per heavy atom. The van der Waals surface area contributed by atoms with Crippen LogP contribution in [0.25, 0.3) is 5.69 Å². The van der Waals surface area contributed by atoms with Gasteiger partial charge in [-0.2, -0.15) is 5.10 Å². The highest BCUT2D eigenvalue weighted by atomic mass is 19.1. The molecule has 0 unspecified atom stereocenters. The largest absolute Gasteiger partial charge is 0.496 e. The second-order valence-corrected chi connectivity index (χ2v) is 6.50. The molecule has 0 radical (unpaired) electrons. The van der Waals surface area contributed by atoms with Gasteiger partial charge < -0.3 is 9.47 Å². The van der Waals surface area contributed by atoms with Crippen LogP contribution in [0.2, 0.25) is 0 Å². The molecule has 0 aliphatic carbocycles. The van der Waals surface area contributed by atoms with Crippen LogP contribution in [-0.4, -0.2) is 35.2 Å². The van der Waals surface area contributed by atoms with Gasteiger partial charge in [0.2, 0.25) is 5.78 Å². The van der Waals surface area contributed by atoms with Crippen molar-refractivity contribution >= 4 is 11.8 Å². The fourth-order valence-electron chi connectivity index (χ4n) is 3.07. The van der Waals surface area contributed by atoms with Gasteiger partial charge >= 0.3 is 5.97 Å². The van der Waals surface area contributed by atoms with Gasteiger partial charge in [-0.25, -0.2) is 9.07 Å². The van der Waals surface area contributed by atoms with Crippen molar-refractivity contribution in [1.82, 2.24) is 9.78 Å². The number of Topliss-reactive ketones (excluding diaryl/α,β-unsaturated/α-hetero) is 1. The molecule has 6 nitrogen and oxygen atoms in total. The van der Waals surface area contributed by atoms with Crippen molar-refractivity contribution < 1.29 is 23.5 Å². The Morgan fingerprint density at radius 1 is 1.10 bits per heavy atom. The van der Waals surface area contributed by atoms with Gasteiger partial charge in [-0.1, -0.05) is 18.2 Å². The number of halogens is 1. The molecule has 150 valence electrons. The Bertz CT molecular complexity index is 1040. The van der Waals surface area contributed by atoms with E-state index in [1.165, 1.54) is 19.2 Å². The van der Waals surface area contributed by atoms with Crippen LogP contribution in [0.5, 0.6) is 5.75 Å². The van der Waals surface area contributed by atoms with Gasteiger partial charge in [0.1, 0.15) is 11.6 Å². The van der Waals surface area contributed by atoms with E-state index in [9.17, 15) is 14.0 Å². The molecule has 0 saturated heterocycles. The van der Waals surface area contributed by atoms with Gasteiger partial charge in [0, 0.05) is 11.3 Å². The zero-order valence-electron chi connectivity index (χ0n) is 16.4.